The molecule has 2 aliphatic heterocycles. The lowest BCUT2D eigenvalue weighted by molar-refractivity contribution is 0.161. The molecule has 2 aromatic heterocycles. The Kier molecular flexibility index (Phi) is 4.79. The minimum atomic E-state index is 0.103. The van der Waals surface area contributed by atoms with Crippen molar-refractivity contribution in [2.45, 2.75) is 64.3 Å². The van der Waals surface area contributed by atoms with Gasteiger partial charge in [0, 0.05) is 35.3 Å². The van der Waals surface area contributed by atoms with Gasteiger partial charge < -0.3 is 15.0 Å². The molecule has 0 radical (unpaired) electrons. The number of nitrogens with one attached hydrogen (secondary N) is 1. The summed E-state index contributed by atoms with van der Waals surface area (Å²) in [6.45, 7) is 9.68. The third kappa shape index (κ3) is 3.92. The van der Waals surface area contributed by atoms with E-state index in [9.17, 15) is 0 Å². The number of aromatic nitrogens is 3. The summed E-state index contributed by atoms with van der Waals surface area (Å²) < 4.78 is 6.10. The maximum absolute atomic E-state index is 6.10. The molecule has 2 aliphatic rings. The van der Waals surface area contributed by atoms with Crippen molar-refractivity contribution in [2.24, 2.45) is 0 Å². The lowest BCUT2D eigenvalue weighted by Crippen LogP contribution is -2.61. The zero-order chi connectivity index (χ0) is 21.8. The SMILES string of the molecule is CN(c1nc2c(s1)-c1ccc(-c3ccnnc3)cc1OC2)C1CC(C)(C)NC(C)(C)C1. The first-order valence-corrected chi connectivity index (χ1v) is 11.6. The Morgan fingerprint density at radius 3 is 2.55 bits per heavy atom. The first-order chi connectivity index (χ1) is 14.7. The van der Waals surface area contributed by atoms with Gasteiger partial charge in [0.15, 0.2) is 5.13 Å². The first-order valence-electron chi connectivity index (χ1n) is 10.8. The number of rotatable bonds is 3. The van der Waals surface area contributed by atoms with Gasteiger partial charge in [-0.2, -0.15) is 10.2 Å². The predicted octanol–water partition coefficient (Wildman–Crippen LogP) is 4.90. The molecule has 1 fully saturated rings. The molecule has 0 amide bonds. The second-order valence-electron chi connectivity index (χ2n) is 9.97. The number of hydrogen-bond acceptors (Lipinski definition) is 7. The quantitative estimate of drug-likeness (QED) is 0.631. The van der Waals surface area contributed by atoms with Crippen LogP contribution in [0.15, 0.2) is 36.7 Å². The van der Waals surface area contributed by atoms with E-state index in [1.54, 1.807) is 23.7 Å². The van der Waals surface area contributed by atoms with Crippen LogP contribution in [-0.2, 0) is 6.61 Å². The molecule has 7 heteroatoms. The summed E-state index contributed by atoms with van der Waals surface area (Å²) in [7, 11) is 2.19. The zero-order valence-electron chi connectivity index (χ0n) is 18.8. The Balaban J connectivity index is 1.45. The molecule has 0 unspecified atom stereocenters. The summed E-state index contributed by atoms with van der Waals surface area (Å²) in [6.07, 6.45) is 5.67. The smallest absolute Gasteiger partial charge is 0.186 e. The van der Waals surface area contributed by atoms with E-state index in [4.69, 9.17) is 9.72 Å². The lowest BCUT2D eigenvalue weighted by Gasteiger charge is -2.48. The second-order valence-corrected chi connectivity index (χ2v) is 10.9. The summed E-state index contributed by atoms with van der Waals surface area (Å²) in [6, 6.07) is 8.76. The Hall–Kier alpha value is -2.51. The highest BCUT2D eigenvalue weighted by molar-refractivity contribution is 7.19. The average molecular weight is 436 g/mol. The molecule has 6 nitrogen and oxygen atoms in total. The van der Waals surface area contributed by atoms with Gasteiger partial charge in [-0.25, -0.2) is 4.98 Å². The molecule has 31 heavy (non-hydrogen) atoms. The van der Waals surface area contributed by atoms with E-state index in [-0.39, 0.29) is 11.1 Å². The number of hydrogen-bond donors (Lipinski definition) is 1. The Morgan fingerprint density at radius 2 is 1.84 bits per heavy atom. The second kappa shape index (κ2) is 7.28. The number of anilines is 1. The Morgan fingerprint density at radius 1 is 1.06 bits per heavy atom. The highest BCUT2D eigenvalue weighted by Crippen LogP contribution is 2.45. The zero-order valence-corrected chi connectivity index (χ0v) is 19.6. The van der Waals surface area contributed by atoms with Gasteiger partial charge in [-0.1, -0.05) is 17.4 Å². The maximum Gasteiger partial charge on any atom is 0.186 e. The van der Waals surface area contributed by atoms with Crippen molar-refractivity contribution in [3.63, 3.8) is 0 Å². The van der Waals surface area contributed by atoms with Gasteiger partial charge in [0.2, 0.25) is 0 Å². The lowest BCUT2D eigenvalue weighted by atomic mass is 9.79. The third-order valence-corrected chi connectivity index (χ3v) is 7.43. The van der Waals surface area contributed by atoms with E-state index in [0.29, 0.717) is 12.6 Å². The number of fused-ring (bicyclic) bond motifs is 3. The van der Waals surface area contributed by atoms with Crippen LogP contribution in [0.5, 0.6) is 5.75 Å². The van der Waals surface area contributed by atoms with Gasteiger partial charge in [-0.05, 0) is 64.3 Å². The monoisotopic (exact) mass is 435 g/mol. The molecule has 1 N–H and O–H groups in total. The topological polar surface area (TPSA) is 63.2 Å². The van der Waals surface area contributed by atoms with Crippen molar-refractivity contribution < 1.29 is 4.74 Å². The molecule has 0 atom stereocenters. The third-order valence-electron chi connectivity index (χ3n) is 6.21. The summed E-state index contributed by atoms with van der Waals surface area (Å²) in [4.78, 5) is 8.58. The Labute approximate surface area is 187 Å². The summed E-state index contributed by atoms with van der Waals surface area (Å²) in [5, 5.41) is 12.7. The molecule has 4 heterocycles. The molecule has 1 aromatic carbocycles. The number of thiazole rings is 1. The van der Waals surface area contributed by atoms with Crippen LogP contribution in [0.4, 0.5) is 5.13 Å². The normalized spacial score (nSPS) is 19.3. The van der Waals surface area contributed by atoms with E-state index in [1.807, 2.05) is 6.07 Å². The highest BCUT2D eigenvalue weighted by atomic mass is 32.1. The maximum atomic E-state index is 6.10. The fraction of sp³-hybridized carbons (Fsp3) is 0.458. The van der Waals surface area contributed by atoms with Crippen LogP contribution in [0.1, 0.15) is 46.2 Å². The van der Waals surface area contributed by atoms with E-state index in [0.717, 1.165) is 46.1 Å². The fourth-order valence-electron chi connectivity index (χ4n) is 5.11. The molecular formula is C24H29N5OS. The molecule has 0 bridgehead atoms. The minimum absolute atomic E-state index is 0.103. The predicted molar refractivity (Wildman–Crippen MR) is 126 cm³/mol. The van der Waals surface area contributed by atoms with Crippen LogP contribution < -0.4 is 15.0 Å². The van der Waals surface area contributed by atoms with Crippen molar-refractivity contribution in [1.82, 2.24) is 20.5 Å². The average Bonchev–Trinajstić information content (AvgIpc) is 3.16. The van der Waals surface area contributed by atoms with Crippen molar-refractivity contribution in [3.05, 3.63) is 42.4 Å². The van der Waals surface area contributed by atoms with E-state index >= 15 is 0 Å². The van der Waals surface area contributed by atoms with Crippen molar-refractivity contribution in [1.29, 1.82) is 0 Å². The fourth-order valence-corrected chi connectivity index (χ4v) is 6.25. The molecule has 0 aliphatic carbocycles. The van der Waals surface area contributed by atoms with E-state index < -0.39 is 0 Å². The molecule has 1 saturated heterocycles. The van der Waals surface area contributed by atoms with Gasteiger partial charge in [0.1, 0.15) is 12.4 Å². The van der Waals surface area contributed by atoms with Crippen molar-refractivity contribution >= 4 is 16.5 Å². The molecule has 162 valence electrons. The van der Waals surface area contributed by atoms with Gasteiger partial charge in [-0.3, -0.25) is 0 Å². The number of ether oxygens (including phenoxy) is 1. The van der Waals surface area contributed by atoms with Crippen LogP contribution in [0.25, 0.3) is 21.6 Å². The first kappa shape index (κ1) is 20.4. The van der Waals surface area contributed by atoms with Gasteiger partial charge in [0.25, 0.3) is 0 Å². The standard InChI is InChI=1S/C24H29N5OS/c1-23(2)11-17(12-24(3,4)28-23)29(5)22-27-19-14-30-20-10-15(16-8-9-25-26-13-16)6-7-18(20)21(19)31-22/h6-10,13,17,28H,11-12,14H2,1-5H3. The van der Waals surface area contributed by atoms with Crippen LogP contribution in [0.3, 0.4) is 0 Å². The van der Waals surface area contributed by atoms with Crippen LogP contribution in [-0.4, -0.2) is 39.3 Å². The molecule has 0 spiro atoms. The van der Waals surface area contributed by atoms with Gasteiger partial charge in [0.05, 0.1) is 23.0 Å². The Bertz CT molecular complexity index is 1090. The van der Waals surface area contributed by atoms with Gasteiger partial charge >= 0.3 is 0 Å². The van der Waals surface area contributed by atoms with Crippen LogP contribution >= 0.6 is 11.3 Å². The summed E-state index contributed by atoms with van der Waals surface area (Å²) in [5.74, 6) is 0.906. The van der Waals surface area contributed by atoms with E-state index in [2.05, 4.69) is 73.4 Å². The molecule has 3 aromatic rings. The van der Waals surface area contributed by atoms with Crippen molar-refractivity contribution in [3.8, 4) is 27.3 Å². The van der Waals surface area contributed by atoms with Crippen LogP contribution in [0.2, 0.25) is 0 Å². The summed E-state index contributed by atoms with van der Waals surface area (Å²) in [5.41, 5.74) is 4.48. The highest BCUT2D eigenvalue weighted by Gasteiger charge is 2.40. The van der Waals surface area contributed by atoms with Crippen LogP contribution in [0, 0.1) is 0 Å². The minimum Gasteiger partial charge on any atom is -0.487 e. The van der Waals surface area contributed by atoms with Crippen molar-refractivity contribution in [2.75, 3.05) is 11.9 Å². The number of benzene rings is 1. The number of piperidine rings is 1. The number of nitrogens with zero attached hydrogens (tertiary/aromatic N) is 4. The largest absolute Gasteiger partial charge is 0.487 e. The molecule has 0 saturated carbocycles. The molecule has 5 rings (SSSR count). The molecular weight excluding hydrogens is 406 g/mol. The van der Waals surface area contributed by atoms with E-state index in [1.165, 1.54) is 4.88 Å². The summed E-state index contributed by atoms with van der Waals surface area (Å²) >= 11 is 1.77. The van der Waals surface area contributed by atoms with Gasteiger partial charge in [-0.15, -0.1) is 0 Å².